The summed E-state index contributed by atoms with van der Waals surface area (Å²) in [7, 11) is 1.83. The summed E-state index contributed by atoms with van der Waals surface area (Å²) in [6.07, 6.45) is 5.54. The van der Waals surface area contributed by atoms with E-state index < -0.39 is 0 Å². The molecule has 0 bridgehead atoms. The molecule has 1 saturated carbocycles. The third-order valence-electron chi connectivity index (χ3n) is 4.40. The number of halogens is 2. The third-order valence-corrected chi connectivity index (χ3v) is 5.26. The van der Waals surface area contributed by atoms with Crippen LogP contribution in [0.3, 0.4) is 0 Å². The molecule has 1 aromatic rings. The molecular formula is C16H23Cl2NO. The van der Waals surface area contributed by atoms with E-state index in [1.807, 2.05) is 19.2 Å². The van der Waals surface area contributed by atoms with E-state index in [0.717, 1.165) is 31.4 Å². The molecule has 1 aliphatic carbocycles. The predicted octanol–water partition coefficient (Wildman–Crippen LogP) is 4.47. The first kappa shape index (κ1) is 16.1. The molecule has 0 saturated heterocycles. The van der Waals surface area contributed by atoms with Crippen LogP contribution >= 0.6 is 23.2 Å². The molecule has 0 heterocycles. The Hall–Kier alpha value is -0.280. The fourth-order valence-electron chi connectivity index (χ4n) is 3.28. The summed E-state index contributed by atoms with van der Waals surface area (Å²) in [6, 6.07) is 6.12. The molecule has 20 heavy (non-hydrogen) atoms. The summed E-state index contributed by atoms with van der Waals surface area (Å²) >= 11 is 12.5. The zero-order chi connectivity index (χ0) is 14.6. The van der Waals surface area contributed by atoms with Crippen LogP contribution in [0.4, 0.5) is 0 Å². The minimum Gasteiger partial charge on any atom is -0.377 e. The van der Waals surface area contributed by atoms with Crippen LogP contribution in [0.1, 0.15) is 38.2 Å². The van der Waals surface area contributed by atoms with Crippen LogP contribution in [0.15, 0.2) is 18.2 Å². The van der Waals surface area contributed by atoms with Gasteiger partial charge in [0.2, 0.25) is 0 Å². The zero-order valence-electron chi connectivity index (χ0n) is 12.2. The maximum atomic E-state index is 6.33. The van der Waals surface area contributed by atoms with Crippen molar-refractivity contribution >= 4 is 23.2 Å². The SMILES string of the molecule is CCNC(Cc1cccc(Cl)c1Cl)C1(OC)CCCC1. The molecule has 0 radical (unpaired) electrons. The minimum atomic E-state index is -0.0678. The number of methoxy groups -OCH3 is 1. The van der Waals surface area contributed by atoms with Gasteiger partial charge in [0.1, 0.15) is 0 Å². The van der Waals surface area contributed by atoms with Gasteiger partial charge in [0.25, 0.3) is 0 Å². The van der Waals surface area contributed by atoms with Crippen molar-refractivity contribution in [3.8, 4) is 0 Å². The van der Waals surface area contributed by atoms with E-state index in [4.69, 9.17) is 27.9 Å². The maximum Gasteiger partial charge on any atom is 0.0834 e. The fraction of sp³-hybridized carbons (Fsp3) is 0.625. The second kappa shape index (κ2) is 7.13. The maximum absolute atomic E-state index is 6.33. The van der Waals surface area contributed by atoms with Gasteiger partial charge in [0, 0.05) is 13.2 Å². The molecule has 2 nitrogen and oxygen atoms in total. The second-order valence-corrected chi connectivity index (χ2v) is 6.29. The number of hydrogen-bond donors (Lipinski definition) is 1. The topological polar surface area (TPSA) is 21.3 Å². The molecule has 2 rings (SSSR count). The van der Waals surface area contributed by atoms with Crippen LogP contribution in [0.25, 0.3) is 0 Å². The highest BCUT2D eigenvalue weighted by molar-refractivity contribution is 6.42. The fourth-order valence-corrected chi connectivity index (χ4v) is 3.68. The molecule has 0 amide bonds. The molecule has 1 aliphatic rings. The minimum absolute atomic E-state index is 0.0678. The van der Waals surface area contributed by atoms with Crippen molar-refractivity contribution in [2.75, 3.05) is 13.7 Å². The van der Waals surface area contributed by atoms with Crippen LogP contribution in [-0.2, 0) is 11.2 Å². The van der Waals surface area contributed by atoms with Gasteiger partial charge in [-0.2, -0.15) is 0 Å². The van der Waals surface area contributed by atoms with Crippen LogP contribution in [-0.4, -0.2) is 25.3 Å². The summed E-state index contributed by atoms with van der Waals surface area (Å²) in [6.45, 7) is 3.05. The Bertz CT molecular complexity index is 444. The van der Waals surface area contributed by atoms with Crippen molar-refractivity contribution in [3.63, 3.8) is 0 Å². The smallest absolute Gasteiger partial charge is 0.0834 e. The molecule has 1 atom stereocenters. The van der Waals surface area contributed by atoms with Crippen molar-refractivity contribution < 1.29 is 4.74 Å². The molecule has 0 aromatic heterocycles. The molecule has 1 unspecified atom stereocenters. The summed E-state index contributed by atoms with van der Waals surface area (Å²) in [5.74, 6) is 0. The Labute approximate surface area is 131 Å². The standard InChI is InChI=1S/C16H23Cl2NO/c1-3-19-14(16(20-2)9-4-5-10-16)11-12-7-6-8-13(17)15(12)18/h6-8,14,19H,3-5,9-11H2,1-2H3. The zero-order valence-corrected chi connectivity index (χ0v) is 13.7. The molecule has 112 valence electrons. The first-order valence-corrected chi connectivity index (χ1v) is 8.10. The van der Waals surface area contributed by atoms with E-state index in [2.05, 4.69) is 18.3 Å². The lowest BCUT2D eigenvalue weighted by atomic mass is 9.87. The number of ether oxygens (including phenoxy) is 1. The van der Waals surface area contributed by atoms with Gasteiger partial charge in [0.15, 0.2) is 0 Å². The summed E-state index contributed by atoms with van der Waals surface area (Å²) in [4.78, 5) is 0. The van der Waals surface area contributed by atoms with E-state index in [0.29, 0.717) is 10.0 Å². The van der Waals surface area contributed by atoms with Crippen LogP contribution in [0.2, 0.25) is 10.0 Å². The average molecular weight is 316 g/mol. The highest BCUT2D eigenvalue weighted by Crippen LogP contribution is 2.38. The van der Waals surface area contributed by atoms with Crippen molar-refractivity contribution in [1.29, 1.82) is 0 Å². The molecule has 4 heteroatoms. The summed E-state index contributed by atoms with van der Waals surface area (Å²) in [5.41, 5.74) is 1.02. The Morgan fingerprint density at radius 2 is 2.00 bits per heavy atom. The molecular weight excluding hydrogens is 293 g/mol. The Morgan fingerprint density at radius 3 is 2.60 bits per heavy atom. The van der Waals surface area contributed by atoms with Gasteiger partial charge in [-0.1, -0.05) is 55.1 Å². The second-order valence-electron chi connectivity index (χ2n) is 5.50. The lowest BCUT2D eigenvalue weighted by molar-refractivity contribution is -0.0351. The van der Waals surface area contributed by atoms with E-state index in [-0.39, 0.29) is 11.6 Å². The van der Waals surface area contributed by atoms with E-state index in [1.54, 1.807) is 0 Å². The van der Waals surface area contributed by atoms with Crippen molar-refractivity contribution in [1.82, 2.24) is 5.32 Å². The van der Waals surface area contributed by atoms with Gasteiger partial charge in [-0.05, 0) is 37.4 Å². The van der Waals surface area contributed by atoms with E-state index >= 15 is 0 Å². The van der Waals surface area contributed by atoms with Crippen LogP contribution in [0, 0.1) is 0 Å². The first-order chi connectivity index (χ1) is 9.63. The molecule has 1 aromatic carbocycles. The summed E-state index contributed by atoms with van der Waals surface area (Å²) < 4.78 is 5.92. The highest BCUT2D eigenvalue weighted by Gasteiger charge is 2.41. The van der Waals surface area contributed by atoms with E-state index in [1.165, 1.54) is 12.8 Å². The van der Waals surface area contributed by atoms with Crippen LogP contribution < -0.4 is 5.32 Å². The van der Waals surface area contributed by atoms with Gasteiger partial charge in [-0.3, -0.25) is 0 Å². The summed E-state index contributed by atoms with van der Waals surface area (Å²) in [5, 5.41) is 4.88. The molecule has 1 N–H and O–H groups in total. The van der Waals surface area contributed by atoms with Gasteiger partial charge >= 0.3 is 0 Å². The van der Waals surface area contributed by atoms with Crippen LogP contribution in [0.5, 0.6) is 0 Å². The van der Waals surface area contributed by atoms with E-state index in [9.17, 15) is 0 Å². The monoisotopic (exact) mass is 315 g/mol. The first-order valence-electron chi connectivity index (χ1n) is 7.34. The Balaban J connectivity index is 2.23. The van der Waals surface area contributed by atoms with Crippen molar-refractivity contribution in [2.24, 2.45) is 0 Å². The van der Waals surface area contributed by atoms with Gasteiger partial charge in [0.05, 0.1) is 15.6 Å². The molecule has 0 spiro atoms. The number of rotatable bonds is 6. The quantitative estimate of drug-likeness (QED) is 0.836. The lowest BCUT2D eigenvalue weighted by Gasteiger charge is -2.37. The number of nitrogens with one attached hydrogen (secondary N) is 1. The van der Waals surface area contributed by atoms with Gasteiger partial charge in [-0.25, -0.2) is 0 Å². The van der Waals surface area contributed by atoms with Gasteiger partial charge < -0.3 is 10.1 Å². The predicted molar refractivity (Wildman–Crippen MR) is 85.8 cm³/mol. The normalized spacial score (nSPS) is 19.2. The van der Waals surface area contributed by atoms with Gasteiger partial charge in [-0.15, -0.1) is 0 Å². The number of likely N-dealkylation sites (N-methyl/N-ethyl adjacent to an activating group) is 1. The Kier molecular flexibility index (Phi) is 5.74. The Morgan fingerprint density at radius 1 is 1.30 bits per heavy atom. The number of hydrogen-bond acceptors (Lipinski definition) is 2. The highest BCUT2D eigenvalue weighted by atomic mass is 35.5. The molecule has 0 aliphatic heterocycles. The average Bonchev–Trinajstić information content (AvgIpc) is 2.93. The largest absolute Gasteiger partial charge is 0.377 e. The third kappa shape index (κ3) is 3.30. The molecule has 1 fully saturated rings. The van der Waals surface area contributed by atoms with Crippen molar-refractivity contribution in [2.45, 2.75) is 50.7 Å². The van der Waals surface area contributed by atoms with Crippen molar-refractivity contribution in [3.05, 3.63) is 33.8 Å². The lowest BCUT2D eigenvalue weighted by Crippen LogP contribution is -2.51. The number of benzene rings is 1.